The van der Waals surface area contributed by atoms with Gasteiger partial charge in [0.15, 0.2) is 0 Å². The summed E-state index contributed by atoms with van der Waals surface area (Å²) in [7, 11) is 1.38. The van der Waals surface area contributed by atoms with Crippen LogP contribution in [0.5, 0.6) is 0 Å². The highest BCUT2D eigenvalue weighted by Gasteiger charge is 2.38. The van der Waals surface area contributed by atoms with Crippen LogP contribution in [0.15, 0.2) is 54.6 Å². The van der Waals surface area contributed by atoms with Crippen molar-refractivity contribution in [1.82, 2.24) is 0 Å². The Labute approximate surface area is 151 Å². The van der Waals surface area contributed by atoms with E-state index in [4.69, 9.17) is 4.74 Å². The van der Waals surface area contributed by atoms with E-state index in [1.165, 1.54) is 7.11 Å². The van der Waals surface area contributed by atoms with Crippen LogP contribution >= 0.6 is 0 Å². The van der Waals surface area contributed by atoms with Gasteiger partial charge in [-0.05, 0) is 47.2 Å². The van der Waals surface area contributed by atoms with Gasteiger partial charge in [0.05, 0.1) is 24.7 Å². The second-order valence-corrected chi connectivity index (χ2v) is 6.68. The van der Waals surface area contributed by atoms with Crippen LogP contribution in [0.4, 0.5) is 5.69 Å². The summed E-state index contributed by atoms with van der Waals surface area (Å²) in [6.07, 6.45) is 5.28. The van der Waals surface area contributed by atoms with Gasteiger partial charge in [0.25, 0.3) is 0 Å². The number of benzene rings is 2. The van der Waals surface area contributed by atoms with E-state index < -0.39 is 5.97 Å². The number of carboxylic acid groups (broad SMARTS) is 1. The van der Waals surface area contributed by atoms with E-state index in [1.807, 2.05) is 24.3 Å². The van der Waals surface area contributed by atoms with Gasteiger partial charge in [-0.15, -0.1) is 0 Å². The minimum atomic E-state index is -1.17. The van der Waals surface area contributed by atoms with Crippen LogP contribution in [0.1, 0.15) is 50.2 Å². The molecule has 2 aromatic rings. The maximum atomic E-state index is 11.9. The summed E-state index contributed by atoms with van der Waals surface area (Å²) < 4.78 is 4.83. The van der Waals surface area contributed by atoms with E-state index in [9.17, 15) is 14.7 Å². The van der Waals surface area contributed by atoms with Crippen molar-refractivity contribution >= 4 is 17.6 Å². The lowest BCUT2D eigenvalue weighted by molar-refractivity contribution is -0.255. The molecule has 1 N–H and O–H groups in total. The number of ether oxygens (including phenoxy) is 1. The van der Waals surface area contributed by atoms with Crippen LogP contribution in [-0.2, 0) is 4.74 Å². The first-order valence-corrected chi connectivity index (χ1v) is 8.55. The third-order valence-corrected chi connectivity index (χ3v) is 5.29. The fourth-order valence-corrected chi connectivity index (χ4v) is 4.00. The van der Waals surface area contributed by atoms with Crippen molar-refractivity contribution in [1.29, 1.82) is 0 Å². The number of allylic oxidation sites excluding steroid dienone is 2. The summed E-state index contributed by atoms with van der Waals surface area (Å²) in [5.41, 5.74) is 3.84. The molecule has 0 radical (unpaired) electrons. The van der Waals surface area contributed by atoms with Crippen LogP contribution in [0.3, 0.4) is 0 Å². The molecule has 0 spiro atoms. The van der Waals surface area contributed by atoms with Crippen LogP contribution in [0.25, 0.3) is 0 Å². The van der Waals surface area contributed by atoms with Crippen molar-refractivity contribution in [3.63, 3.8) is 0 Å². The highest BCUT2D eigenvalue weighted by molar-refractivity contribution is 5.90. The summed E-state index contributed by atoms with van der Waals surface area (Å²) >= 11 is 0. The lowest BCUT2D eigenvalue weighted by Crippen LogP contribution is -2.29. The molecule has 26 heavy (non-hydrogen) atoms. The normalized spacial score (nSPS) is 22.9. The Morgan fingerprint density at radius 3 is 2.54 bits per heavy atom. The van der Waals surface area contributed by atoms with Gasteiger partial charge in [-0.25, -0.2) is 4.79 Å². The summed E-state index contributed by atoms with van der Waals surface area (Å²) in [5.74, 6) is -0.994. The third kappa shape index (κ3) is 2.65. The second-order valence-electron chi connectivity index (χ2n) is 6.68. The van der Waals surface area contributed by atoms with Crippen molar-refractivity contribution in [3.05, 3.63) is 76.9 Å². The minimum Gasteiger partial charge on any atom is -0.545 e. The van der Waals surface area contributed by atoms with Gasteiger partial charge in [-0.2, -0.15) is 0 Å². The number of fused-ring (bicyclic) bond motifs is 3. The average molecular weight is 348 g/mol. The average Bonchev–Trinajstić information content (AvgIpc) is 3.16. The van der Waals surface area contributed by atoms with Crippen LogP contribution in [-0.4, -0.2) is 19.0 Å². The Hall–Kier alpha value is -3.08. The van der Waals surface area contributed by atoms with Gasteiger partial charge in [0, 0.05) is 11.6 Å². The number of nitrogens with one attached hydrogen (secondary N) is 1. The molecule has 1 aliphatic heterocycles. The number of anilines is 1. The van der Waals surface area contributed by atoms with Crippen LogP contribution in [0.2, 0.25) is 0 Å². The Morgan fingerprint density at radius 1 is 1.12 bits per heavy atom. The van der Waals surface area contributed by atoms with Gasteiger partial charge in [-0.1, -0.05) is 36.4 Å². The zero-order valence-electron chi connectivity index (χ0n) is 14.3. The van der Waals surface area contributed by atoms with Crippen molar-refractivity contribution in [2.45, 2.75) is 18.4 Å². The Balaban J connectivity index is 1.71. The number of hydrogen-bond acceptors (Lipinski definition) is 5. The smallest absolute Gasteiger partial charge is 0.337 e. The number of carbonyl (C=O) groups is 2. The number of carbonyl (C=O) groups excluding carboxylic acids is 2. The van der Waals surface area contributed by atoms with Gasteiger partial charge in [0.2, 0.25) is 0 Å². The molecule has 0 bridgehead atoms. The largest absolute Gasteiger partial charge is 0.545 e. The molecule has 0 saturated carbocycles. The molecule has 5 heteroatoms. The zero-order valence-corrected chi connectivity index (χ0v) is 14.3. The zero-order chi connectivity index (χ0) is 18.3. The monoisotopic (exact) mass is 348 g/mol. The Morgan fingerprint density at radius 2 is 1.85 bits per heavy atom. The molecule has 0 fully saturated rings. The minimum absolute atomic E-state index is 0.0716. The molecular formula is C21H18NO4-. The number of methoxy groups -OCH3 is 1. The number of carboxylic acids is 1. The topological polar surface area (TPSA) is 78.5 Å². The van der Waals surface area contributed by atoms with E-state index in [1.54, 1.807) is 18.2 Å². The number of hydrogen-bond donors (Lipinski definition) is 1. The molecule has 0 amide bonds. The molecule has 2 aliphatic rings. The lowest BCUT2D eigenvalue weighted by Gasteiger charge is -2.37. The Bertz CT molecular complexity index is 901. The molecule has 5 nitrogen and oxygen atoms in total. The first-order valence-electron chi connectivity index (χ1n) is 8.55. The maximum absolute atomic E-state index is 11.9. The number of esters is 1. The molecule has 4 rings (SSSR count). The van der Waals surface area contributed by atoms with Gasteiger partial charge < -0.3 is 20.0 Å². The third-order valence-electron chi connectivity index (χ3n) is 5.29. The van der Waals surface area contributed by atoms with Crippen molar-refractivity contribution in [3.8, 4) is 0 Å². The van der Waals surface area contributed by atoms with Gasteiger partial charge in [-0.3, -0.25) is 0 Å². The first kappa shape index (κ1) is 16.4. The second kappa shape index (κ2) is 6.33. The number of aromatic carboxylic acids is 1. The van der Waals surface area contributed by atoms with Gasteiger partial charge >= 0.3 is 5.97 Å². The molecular weight excluding hydrogens is 330 g/mol. The van der Waals surface area contributed by atoms with E-state index >= 15 is 0 Å². The van der Waals surface area contributed by atoms with Crippen molar-refractivity contribution in [2.24, 2.45) is 5.92 Å². The highest BCUT2D eigenvalue weighted by Crippen LogP contribution is 2.49. The van der Waals surface area contributed by atoms with E-state index in [2.05, 4.69) is 17.5 Å². The molecule has 0 aromatic heterocycles. The van der Waals surface area contributed by atoms with E-state index in [-0.39, 0.29) is 23.5 Å². The molecule has 0 saturated heterocycles. The predicted octanol–water partition coefficient (Wildman–Crippen LogP) is 2.66. The van der Waals surface area contributed by atoms with E-state index in [0.29, 0.717) is 11.5 Å². The van der Waals surface area contributed by atoms with Crippen LogP contribution in [0, 0.1) is 5.92 Å². The molecule has 1 aliphatic carbocycles. The number of rotatable bonds is 3. The SMILES string of the molecule is COC(=O)c1ccc2c(c1)[C@H]1C=CC[C@H]1[C@H](c1ccc(C(=O)[O-])cc1)N2. The van der Waals surface area contributed by atoms with Crippen molar-refractivity contribution < 1.29 is 19.4 Å². The summed E-state index contributed by atoms with van der Waals surface area (Å²) in [6, 6.07) is 12.5. The Kier molecular flexibility index (Phi) is 3.99. The lowest BCUT2D eigenvalue weighted by atomic mass is 9.76. The quantitative estimate of drug-likeness (QED) is 0.681. The summed E-state index contributed by atoms with van der Waals surface area (Å²) in [5, 5.41) is 14.5. The maximum Gasteiger partial charge on any atom is 0.337 e. The van der Waals surface area contributed by atoms with E-state index in [0.717, 1.165) is 23.2 Å². The van der Waals surface area contributed by atoms with Crippen molar-refractivity contribution in [2.75, 3.05) is 12.4 Å². The predicted molar refractivity (Wildman–Crippen MR) is 94.9 cm³/mol. The van der Waals surface area contributed by atoms with Crippen LogP contribution < -0.4 is 10.4 Å². The standard InChI is InChI=1S/C21H19NO4/c1-26-21(25)14-9-10-18-17(11-14)15-3-2-4-16(15)19(22-18)12-5-7-13(8-6-12)20(23)24/h2-3,5-11,15-16,19,22H,4H2,1H3,(H,23,24)/p-1/t15-,16+,19-/m0/s1. The first-order chi connectivity index (χ1) is 12.6. The molecule has 3 atom stereocenters. The molecule has 0 unspecified atom stereocenters. The molecule has 2 aromatic carbocycles. The molecule has 132 valence electrons. The highest BCUT2D eigenvalue weighted by atomic mass is 16.5. The summed E-state index contributed by atoms with van der Waals surface area (Å²) in [6.45, 7) is 0. The van der Waals surface area contributed by atoms with Gasteiger partial charge in [0.1, 0.15) is 0 Å². The fourth-order valence-electron chi connectivity index (χ4n) is 4.00. The summed E-state index contributed by atoms with van der Waals surface area (Å²) in [4.78, 5) is 22.8. The fraction of sp³-hybridized carbons (Fsp3) is 0.238. The molecule has 1 heterocycles.